The zero-order valence-corrected chi connectivity index (χ0v) is 13.2. The molecule has 7 heteroatoms. The van der Waals surface area contributed by atoms with Crippen LogP contribution in [0.25, 0.3) is 11.0 Å². The predicted molar refractivity (Wildman–Crippen MR) is 87.0 cm³/mol. The van der Waals surface area contributed by atoms with Gasteiger partial charge in [-0.2, -0.15) is 4.39 Å². The number of urea groups is 1. The van der Waals surface area contributed by atoms with Crippen LogP contribution in [0.1, 0.15) is 24.3 Å². The molecule has 6 nitrogen and oxygen atoms in total. The maximum atomic E-state index is 13.0. The van der Waals surface area contributed by atoms with Crippen LogP contribution in [0.4, 0.5) is 9.18 Å². The molecule has 0 aliphatic heterocycles. The SMILES string of the molecule is CN/C(F)=C\C(=N)NC(=O)N[C@H](C)c1oc2ccccc2c1C. The molecule has 0 unspecified atom stereocenters. The van der Waals surface area contributed by atoms with Crippen molar-refractivity contribution in [1.29, 1.82) is 5.41 Å². The topological polar surface area (TPSA) is 90.2 Å². The van der Waals surface area contributed by atoms with Crippen molar-refractivity contribution < 1.29 is 13.6 Å². The van der Waals surface area contributed by atoms with E-state index in [1.165, 1.54) is 7.05 Å². The monoisotopic (exact) mass is 318 g/mol. The Morgan fingerprint density at radius 2 is 2.09 bits per heavy atom. The Morgan fingerprint density at radius 3 is 2.74 bits per heavy atom. The van der Waals surface area contributed by atoms with Crippen LogP contribution in [0.5, 0.6) is 0 Å². The predicted octanol–water partition coefficient (Wildman–Crippen LogP) is 3.11. The average Bonchev–Trinajstić information content (AvgIpc) is 2.84. The van der Waals surface area contributed by atoms with Crippen molar-refractivity contribution in [2.24, 2.45) is 0 Å². The lowest BCUT2D eigenvalue weighted by atomic mass is 10.1. The molecular formula is C16H19FN4O2. The number of halogens is 1. The van der Waals surface area contributed by atoms with Crippen molar-refractivity contribution in [3.8, 4) is 0 Å². The van der Waals surface area contributed by atoms with E-state index in [0.29, 0.717) is 5.76 Å². The van der Waals surface area contributed by atoms with Gasteiger partial charge in [0.2, 0.25) is 0 Å². The molecular weight excluding hydrogens is 299 g/mol. The second-order valence-electron chi connectivity index (χ2n) is 5.06. The maximum absolute atomic E-state index is 13.0. The molecule has 0 aliphatic rings. The third-order valence-electron chi connectivity index (χ3n) is 3.38. The summed E-state index contributed by atoms with van der Waals surface area (Å²) in [5.41, 5.74) is 1.70. The zero-order valence-electron chi connectivity index (χ0n) is 13.2. The Labute approximate surface area is 133 Å². The van der Waals surface area contributed by atoms with E-state index in [-0.39, 0.29) is 5.84 Å². The molecule has 2 rings (SSSR count). The Hall–Kier alpha value is -2.83. The highest BCUT2D eigenvalue weighted by Gasteiger charge is 2.18. The molecule has 4 N–H and O–H groups in total. The standard InChI is InChI=1S/C16H19FN4O2/c1-9-11-6-4-5-7-12(11)23-15(9)10(2)20-16(22)21-14(18)8-13(17)19-3/h4-8,10,19H,1-3H3,(H3,18,20,21,22)/b13-8-/t10-/m1/s1. The van der Waals surface area contributed by atoms with Crippen LogP contribution in [0, 0.1) is 12.3 Å². The van der Waals surface area contributed by atoms with E-state index >= 15 is 0 Å². The van der Waals surface area contributed by atoms with Gasteiger partial charge in [0.1, 0.15) is 17.2 Å². The van der Waals surface area contributed by atoms with Crippen molar-refractivity contribution in [2.45, 2.75) is 19.9 Å². The van der Waals surface area contributed by atoms with Crippen molar-refractivity contribution in [3.63, 3.8) is 0 Å². The number of carbonyl (C=O) groups is 1. The van der Waals surface area contributed by atoms with Crippen LogP contribution in [-0.4, -0.2) is 18.9 Å². The Bertz CT molecular complexity index is 767. The van der Waals surface area contributed by atoms with Crippen LogP contribution in [0.15, 0.2) is 40.7 Å². The van der Waals surface area contributed by atoms with Crippen LogP contribution in [-0.2, 0) is 0 Å². The molecule has 0 saturated heterocycles. The third kappa shape index (κ3) is 3.88. The number of hydrogen-bond acceptors (Lipinski definition) is 4. The molecule has 0 aliphatic carbocycles. The Balaban J connectivity index is 2.06. The minimum absolute atomic E-state index is 0.358. The number of amidine groups is 1. The van der Waals surface area contributed by atoms with Gasteiger partial charge in [0.05, 0.1) is 6.04 Å². The number of fused-ring (bicyclic) bond motifs is 1. The first-order chi connectivity index (χ1) is 10.9. The average molecular weight is 318 g/mol. The van der Waals surface area contributed by atoms with E-state index in [2.05, 4.69) is 16.0 Å². The number of benzene rings is 1. The Kier molecular flexibility index (Phi) is 5.00. The summed E-state index contributed by atoms with van der Waals surface area (Å²) in [7, 11) is 1.38. The molecule has 23 heavy (non-hydrogen) atoms. The van der Waals surface area contributed by atoms with E-state index < -0.39 is 18.0 Å². The van der Waals surface area contributed by atoms with Crippen molar-refractivity contribution in [1.82, 2.24) is 16.0 Å². The summed E-state index contributed by atoms with van der Waals surface area (Å²) >= 11 is 0. The number of nitrogens with one attached hydrogen (secondary N) is 4. The van der Waals surface area contributed by atoms with Gasteiger partial charge in [-0.15, -0.1) is 0 Å². The van der Waals surface area contributed by atoms with Crippen LogP contribution < -0.4 is 16.0 Å². The fourth-order valence-electron chi connectivity index (χ4n) is 2.26. The van der Waals surface area contributed by atoms with Gasteiger partial charge in [-0.3, -0.25) is 10.7 Å². The normalized spacial score (nSPS) is 12.8. The molecule has 0 saturated carbocycles. The molecule has 2 amide bonds. The molecule has 0 fully saturated rings. The highest BCUT2D eigenvalue weighted by Crippen LogP contribution is 2.28. The first-order valence-electron chi connectivity index (χ1n) is 7.11. The number of furan rings is 1. The number of aryl methyl sites for hydroxylation is 1. The number of para-hydroxylation sites is 1. The molecule has 2 aromatic rings. The second kappa shape index (κ2) is 6.95. The molecule has 0 bridgehead atoms. The first kappa shape index (κ1) is 16.5. The quantitative estimate of drug-likeness (QED) is 0.397. The number of carbonyl (C=O) groups excluding carboxylic acids is 1. The fourth-order valence-corrected chi connectivity index (χ4v) is 2.26. The summed E-state index contributed by atoms with van der Waals surface area (Å²) in [6.45, 7) is 3.70. The van der Waals surface area contributed by atoms with Gasteiger partial charge in [0, 0.05) is 24.1 Å². The van der Waals surface area contributed by atoms with Gasteiger partial charge in [-0.25, -0.2) is 4.79 Å². The summed E-state index contributed by atoms with van der Waals surface area (Å²) in [6, 6.07) is 6.61. The summed E-state index contributed by atoms with van der Waals surface area (Å²) in [5.74, 6) is -0.427. The third-order valence-corrected chi connectivity index (χ3v) is 3.38. The summed E-state index contributed by atoms with van der Waals surface area (Å²) in [5, 5.41) is 15.6. The summed E-state index contributed by atoms with van der Waals surface area (Å²) in [6.07, 6.45) is 0.872. The smallest absolute Gasteiger partial charge is 0.320 e. The van der Waals surface area contributed by atoms with E-state index in [0.717, 1.165) is 22.6 Å². The second-order valence-corrected chi connectivity index (χ2v) is 5.06. The van der Waals surface area contributed by atoms with Gasteiger partial charge < -0.3 is 15.1 Å². The van der Waals surface area contributed by atoms with Gasteiger partial charge >= 0.3 is 6.03 Å². The maximum Gasteiger partial charge on any atom is 0.320 e. The zero-order chi connectivity index (χ0) is 17.0. The van der Waals surface area contributed by atoms with E-state index in [4.69, 9.17) is 9.83 Å². The van der Waals surface area contributed by atoms with E-state index in [1.54, 1.807) is 6.92 Å². The minimum atomic E-state index is -0.712. The lowest BCUT2D eigenvalue weighted by molar-refractivity contribution is 0.241. The summed E-state index contributed by atoms with van der Waals surface area (Å²) < 4.78 is 18.7. The largest absolute Gasteiger partial charge is 0.459 e. The molecule has 122 valence electrons. The van der Waals surface area contributed by atoms with E-state index in [9.17, 15) is 9.18 Å². The lowest BCUT2D eigenvalue weighted by Crippen LogP contribution is -2.39. The molecule has 1 aromatic heterocycles. The molecule has 0 radical (unpaired) electrons. The number of hydrogen-bond donors (Lipinski definition) is 4. The lowest BCUT2D eigenvalue weighted by Gasteiger charge is -2.13. The van der Waals surface area contributed by atoms with Crippen molar-refractivity contribution in [3.05, 3.63) is 47.6 Å². The van der Waals surface area contributed by atoms with Gasteiger partial charge in [0.25, 0.3) is 0 Å². The Morgan fingerprint density at radius 1 is 1.39 bits per heavy atom. The molecule has 1 atom stereocenters. The van der Waals surface area contributed by atoms with Crippen molar-refractivity contribution in [2.75, 3.05) is 7.05 Å². The fraction of sp³-hybridized carbons (Fsp3) is 0.250. The van der Waals surface area contributed by atoms with Crippen molar-refractivity contribution >= 4 is 22.8 Å². The number of amides is 2. The van der Waals surface area contributed by atoms with Crippen LogP contribution in [0.3, 0.4) is 0 Å². The first-order valence-corrected chi connectivity index (χ1v) is 7.11. The molecule has 1 heterocycles. The van der Waals surface area contributed by atoms with Gasteiger partial charge in [-0.1, -0.05) is 18.2 Å². The van der Waals surface area contributed by atoms with E-state index in [1.807, 2.05) is 31.2 Å². The van der Waals surface area contributed by atoms with Gasteiger partial charge in [0.15, 0.2) is 5.95 Å². The highest BCUT2D eigenvalue weighted by atomic mass is 19.1. The summed E-state index contributed by atoms with van der Waals surface area (Å²) in [4.78, 5) is 11.9. The van der Waals surface area contributed by atoms with Gasteiger partial charge in [-0.05, 0) is 19.9 Å². The molecule has 1 aromatic carbocycles. The minimum Gasteiger partial charge on any atom is -0.459 e. The molecule has 0 spiro atoms. The van der Waals surface area contributed by atoms with Crippen LogP contribution >= 0.6 is 0 Å². The number of rotatable bonds is 4. The highest BCUT2D eigenvalue weighted by molar-refractivity contribution is 6.02. The van der Waals surface area contributed by atoms with Crippen LogP contribution in [0.2, 0.25) is 0 Å².